The van der Waals surface area contributed by atoms with Crippen LogP contribution in [0.25, 0.3) is 0 Å². The van der Waals surface area contributed by atoms with Crippen LogP contribution in [0.4, 0.5) is 0 Å². The van der Waals surface area contributed by atoms with E-state index in [-0.39, 0.29) is 34.9 Å². The Balaban J connectivity index is 1.34. The molecule has 24 heavy (non-hydrogen) atoms. The molecule has 7 nitrogen and oxygen atoms in total. The molecule has 7 heteroatoms. The Labute approximate surface area is 139 Å². The van der Waals surface area contributed by atoms with E-state index in [4.69, 9.17) is 19.2 Å². The van der Waals surface area contributed by atoms with Crippen molar-refractivity contribution in [2.45, 2.75) is 44.8 Å². The standard InChI is InChI=1S/C17H20O7/c1-8(2)15(19)21-7-13(18)23-24-14-9-3-10-4-11-16(20)22-12(14)6-17(10,11)5-9/h9-12,14H,1,3-7H2,2H3. The second-order valence-electron chi connectivity index (χ2n) is 7.47. The predicted molar refractivity (Wildman–Crippen MR) is 78.0 cm³/mol. The highest BCUT2D eigenvalue weighted by Gasteiger charge is 2.71. The molecule has 1 aliphatic heterocycles. The molecule has 0 radical (unpaired) electrons. The van der Waals surface area contributed by atoms with E-state index in [9.17, 15) is 14.4 Å². The summed E-state index contributed by atoms with van der Waals surface area (Å²) in [7, 11) is 0. The van der Waals surface area contributed by atoms with Crippen LogP contribution in [-0.2, 0) is 33.6 Å². The van der Waals surface area contributed by atoms with Crippen molar-refractivity contribution in [2.24, 2.45) is 23.2 Å². The highest BCUT2D eigenvalue weighted by molar-refractivity contribution is 5.88. The Morgan fingerprint density at radius 2 is 2.12 bits per heavy atom. The lowest BCUT2D eigenvalue weighted by atomic mass is 9.50. The number of fused-ring (bicyclic) bond motifs is 2. The van der Waals surface area contributed by atoms with Gasteiger partial charge in [0.1, 0.15) is 12.2 Å². The minimum atomic E-state index is -0.800. The summed E-state index contributed by atoms with van der Waals surface area (Å²) in [6.45, 7) is 4.37. The van der Waals surface area contributed by atoms with E-state index in [2.05, 4.69) is 6.58 Å². The second kappa shape index (κ2) is 5.31. The monoisotopic (exact) mass is 336 g/mol. The molecule has 0 aromatic rings. The number of hydrogen-bond donors (Lipinski definition) is 0. The molecule has 4 rings (SSSR count). The van der Waals surface area contributed by atoms with Crippen molar-refractivity contribution < 1.29 is 33.6 Å². The van der Waals surface area contributed by atoms with Crippen LogP contribution in [0.3, 0.4) is 0 Å². The normalized spacial score (nSPS) is 41.0. The smallest absolute Gasteiger partial charge is 0.379 e. The van der Waals surface area contributed by atoms with Crippen LogP contribution in [0, 0.1) is 23.2 Å². The van der Waals surface area contributed by atoms with Crippen LogP contribution in [0.1, 0.15) is 32.6 Å². The van der Waals surface area contributed by atoms with Crippen molar-refractivity contribution >= 4 is 17.9 Å². The first kappa shape index (κ1) is 15.6. The highest BCUT2D eigenvalue weighted by Crippen LogP contribution is 2.71. The summed E-state index contributed by atoms with van der Waals surface area (Å²) in [6.07, 6.45) is 2.82. The summed E-state index contributed by atoms with van der Waals surface area (Å²) in [5.74, 6) is -0.759. The summed E-state index contributed by atoms with van der Waals surface area (Å²) >= 11 is 0. The molecule has 1 saturated heterocycles. The first-order valence-electron chi connectivity index (χ1n) is 8.30. The first-order chi connectivity index (χ1) is 11.4. The topological polar surface area (TPSA) is 88.1 Å². The maximum absolute atomic E-state index is 12.1. The minimum absolute atomic E-state index is 0.0498. The Hall–Kier alpha value is -1.89. The van der Waals surface area contributed by atoms with Crippen molar-refractivity contribution in [1.29, 1.82) is 0 Å². The lowest BCUT2D eigenvalue weighted by Crippen LogP contribution is -2.60. The van der Waals surface area contributed by atoms with E-state index in [1.54, 1.807) is 0 Å². The number of carbonyl (C=O) groups excluding carboxylic acids is 3. The third-order valence-electron chi connectivity index (χ3n) is 6.14. The Morgan fingerprint density at radius 1 is 1.33 bits per heavy atom. The van der Waals surface area contributed by atoms with Crippen molar-refractivity contribution in [3.05, 3.63) is 12.2 Å². The van der Waals surface area contributed by atoms with Gasteiger partial charge in [0.05, 0.1) is 5.92 Å². The van der Waals surface area contributed by atoms with Gasteiger partial charge in [-0.15, -0.1) is 0 Å². The van der Waals surface area contributed by atoms with E-state index >= 15 is 0 Å². The van der Waals surface area contributed by atoms with Crippen LogP contribution in [-0.4, -0.2) is 36.7 Å². The van der Waals surface area contributed by atoms with E-state index < -0.39 is 24.6 Å². The molecule has 0 N–H and O–H groups in total. The molecule has 1 spiro atoms. The van der Waals surface area contributed by atoms with Gasteiger partial charge in [-0.05, 0) is 49.9 Å². The third kappa shape index (κ3) is 2.17. The lowest BCUT2D eigenvalue weighted by molar-refractivity contribution is -0.334. The van der Waals surface area contributed by atoms with Gasteiger partial charge in [-0.3, -0.25) is 9.68 Å². The van der Waals surface area contributed by atoms with Gasteiger partial charge in [-0.1, -0.05) is 6.58 Å². The van der Waals surface area contributed by atoms with Gasteiger partial charge in [0.15, 0.2) is 6.61 Å². The maximum atomic E-state index is 12.1. The molecule has 3 saturated carbocycles. The minimum Gasteiger partial charge on any atom is -0.459 e. The summed E-state index contributed by atoms with van der Waals surface area (Å²) in [4.78, 5) is 45.1. The number of ether oxygens (including phenoxy) is 2. The average Bonchev–Trinajstić information content (AvgIpc) is 2.76. The Kier molecular flexibility index (Phi) is 3.46. The van der Waals surface area contributed by atoms with Crippen LogP contribution in [0.5, 0.6) is 0 Å². The molecule has 6 unspecified atom stereocenters. The van der Waals surface area contributed by atoms with Gasteiger partial charge < -0.3 is 9.47 Å². The zero-order valence-corrected chi connectivity index (χ0v) is 13.5. The van der Waals surface area contributed by atoms with E-state index in [1.807, 2.05) is 0 Å². The third-order valence-corrected chi connectivity index (χ3v) is 6.14. The number of rotatable bonds is 5. The van der Waals surface area contributed by atoms with Gasteiger partial charge in [-0.2, -0.15) is 4.89 Å². The molecule has 0 aromatic carbocycles. The average molecular weight is 336 g/mol. The molecule has 0 amide bonds. The van der Waals surface area contributed by atoms with Crippen LogP contribution >= 0.6 is 0 Å². The van der Waals surface area contributed by atoms with Gasteiger partial charge in [0.2, 0.25) is 0 Å². The summed E-state index contributed by atoms with van der Waals surface area (Å²) in [6, 6.07) is 0. The molecule has 4 aliphatic rings. The summed E-state index contributed by atoms with van der Waals surface area (Å²) < 4.78 is 10.2. The molecule has 130 valence electrons. The van der Waals surface area contributed by atoms with E-state index in [1.165, 1.54) is 6.92 Å². The first-order valence-corrected chi connectivity index (χ1v) is 8.30. The molecule has 3 bridgehead atoms. The number of hydrogen-bond acceptors (Lipinski definition) is 7. The van der Waals surface area contributed by atoms with Crippen LogP contribution in [0.2, 0.25) is 0 Å². The van der Waals surface area contributed by atoms with Crippen molar-refractivity contribution in [3.8, 4) is 0 Å². The van der Waals surface area contributed by atoms with Gasteiger partial charge in [-0.25, -0.2) is 9.59 Å². The fraction of sp³-hybridized carbons (Fsp3) is 0.706. The van der Waals surface area contributed by atoms with E-state index in [0.717, 1.165) is 25.7 Å². The fourth-order valence-corrected chi connectivity index (χ4v) is 5.08. The zero-order chi connectivity index (χ0) is 17.1. The molecule has 4 fully saturated rings. The fourth-order valence-electron chi connectivity index (χ4n) is 5.08. The van der Waals surface area contributed by atoms with Crippen molar-refractivity contribution in [3.63, 3.8) is 0 Å². The maximum Gasteiger partial charge on any atom is 0.379 e. The summed E-state index contributed by atoms with van der Waals surface area (Å²) in [5.41, 5.74) is 0.303. The SMILES string of the molecule is C=C(C)C(=O)OCC(=O)OOC1C2CC3CC4C(=O)OC1CC34C2. The lowest BCUT2D eigenvalue weighted by Gasteiger charge is -2.57. The van der Waals surface area contributed by atoms with Crippen molar-refractivity contribution in [1.82, 2.24) is 0 Å². The predicted octanol–water partition coefficient (Wildman–Crippen LogP) is 1.31. The number of esters is 2. The van der Waals surface area contributed by atoms with Crippen LogP contribution in [0.15, 0.2) is 12.2 Å². The largest absolute Gasteiger partial charge is 0.459 e. The molecule has 0 aromatic heterocycles. The Bertz CT molecular complexity index is 626. The Morgan fingerprint density at radius 3 is 2.88 bits per heavy atom. The van der Waals surface area contributed by atoms with Gasteiger partial charge in [0, 0.05) is 5.57 Å². The number of carbonyl (C=O) groups is 3. The van der Waals surface area contributed by atoms with Gasteiger partial charge >= 0.3 is 17.9 Å². The molecule has 3 aliphatic carbocycles. The molecular weight excluding hydrogens is 316 g/mol. The second-order valence-corrected chi connectivity index (χ2v) is 7.47. The summed E-state index contributed by atoms with van der Waals surface area (Å²) in [5, 5.41) is 0. The quantitative estimate of drug-likeness (QED) is 0.324. The molecule has 1 heterocycles. The molecule has 6 atom stereocenters. The van der Waals surface area contributed by atoms with Crippen LogP contribution < -0.4 is 0 Å². The van der Waals surface area contributed by atoms with Gasteiger partial charge in [0.25, 0.3) is 0 Å². The van der Waals surface area contributed by atoms with E-state index in [0.29, 0.717) is 5.92 Å². The molecular formula is C17H20O7. The zero-order valence-electron chi connectivity index (χ0n) is 13.5. The van der Waals surface area contributed by atoms with Crippen molar-refractivity contribution in [2.75, 3.05) is 6.61 Å². The highest BCUT2D eigenvalue weighted by atomic mass is 17.2.